The minimum atomic E-state index is 0. The Hall–Kier alpha value is -0.860. The third kappa shape index (κ3) is 7.52. The molecule has 1 aromatic carbocycles. The highest BCUT2D eigenvalue weighted by Crippen LogP contribution is 2.20. The van der Waals surface area contributed by atoms with Crippen molar-refractivity contribution in [1.82, 2.24) is 20.0 Å². The summed E-state index contributed by atoms with van der Waals surface area (Å²) >= 11 is 0. The average Bonchev–Trinajstić information content (AvgIpc) is 3.15. The first kappa shape index (κ1) is 23.4. The highest BCUT2D eigenvalue weighted by atomic mass is 127. The van der Waals surface area contributed by atoms with Crippen LogP contribution in [0.4, 0.5) is 0 Å². The number of hydrogen-bond donors (Lipinski definition) is 1. The van der Waals surface area contributed by atoms with Gasteiger partial charge in [0.15, 0.2) is 5.96 Å². The van der Waals surface area contributed by atoms with E-state index in [1.807, 2.05) is 7.05 Å². The molecule has 3 rings (SSSR count). The summed E-state index contributed by atoms with van der Waals surface area (Å²) in [6, 6.07) is 10.9. The Morgan fingerprint density at radius 1 is 1.07 bits per heavy atom. The number of aliphatic imine (C=N–C) groups is 1. The molecule has 1 unspecified atom stereocenters. The molecule has 6 heteroatoms. The number of benzene rings is 1. The fourth-order valence-electron chi connectivity index (χ4n) is 4.20. The van der Waals surface area contributed by atoms with Gasteiger partial charge in [-0.3, -0.25) is 4.99 Å². The van der Waals surface area contributed by atoms with Gasteiger partial charge in [-0.05, 0) is 50.8 Å². The van der Waals surface area contributed by atoms with Crippen molar-refractivity contribution >= 4 is 29.9 Å². The van der Waals surface area contributed by atoms with Crippen LogP contribution in [0.3, 0.4) is 0 Å². The Bertz CT molecular complexity index is 572. The van der Waals surface area contributed by atoms with Crippen molar-refractivity contribution in [2.24, 2.45) is 10.9 Å². The molecule has 2 aliphatic heterocycles. The van der Waals surface area contributed by atoms with Gasteiger partial charge in [0.1, 0.15) is 0 Å². The molecule has 0 aliphatic carbocycles. The van der Waals surface area contributed by atoms with Crippen LogP contribution < -0.4 is 5.32 Å². The van der Waals surface area contributed by atoms with Gasteiger partial charge in [0.2, 0.25) is 0 Å². The zero-order valence-corrected chi connectivity index (χ0v) is 20.0. The highest BCUT2D eigenvalue weighted by molar-refractivity contribution is 14.0. The molecule has 0 spiro atoms. The van der Waals surface area contributed by atoms with Gasteiger partial charge in [0.05, 0.1) is 0 Å². The summed E-state index contributed by atoms with van der Waals surface area (Å²) in [5.74, 6) is 1.83. The Morgan fingerprint density at radius 3 is 2.54 bits per heavy atom. The zero-order chi connectivity index (χ0) is 18.9. The van der Waals surface area contributed by atoms with Crippen LogP contribution in [0.25, 0.3) is 0 Å². The van der Waals surface area contributed by atoms with Crippen LogP contribution in [-0.4, -0.2) is 87.1 Å². The van der Waals surface area contributed by atoms with Gasteiger partial charge in [-0.25, -0.2) is 0 Å². The Kier molecular flexibility index (Phi) is 10.6. The molecule has 0 radical (unpaired) electrons. The van der Waals surface area contributed by atoms with E-state index < -0.39 is 0 Å². The lowest BCUT2D eigenvalue weighted by Gasteiger charge is -2.32. The number of piperazine rings is 1. The van der Waals surface area contributed by atoms with E-state index in [-0.39, 0.29) is 24.0 Å². The van der Waals surface area contributed by atoms with E-state index in [2.05, 4.69) is 62.4 Å². The molecule has 0 aromatic heterocycles. The molecule has 1 N–H and O–H groups in total. The molecular weight excluding hydrogens is 461 g/mol. The smallest absolute Gasteiger partial charge is 0.193 e. The monoisotopic (exact) mass is 499 g/mol. The molecule has 28 heavy (non-hydrogen) atoms. The van der Waals surface area contributed by atoms with Crippen molar-refractivity contribution in [3.05, 3.63) is 35.9 Å². The summed E-state index contributed by atoms with van der Waals surface area (Å²) in [5.41, 5.74) is 1.45. The highest BCUT2D eigenvalue weighted by Gasteiger charge is 2.24. The van der Waals surface area contributed by atoms with Gasteiger partial charge >= 0.3 is 0 Å². The van der Waals surface area contributed by atoms with Crippen molar-refractivity contribution in [2.45, 2.75) is 25.7 Å². The molecule has 2 saturated heterocycles. The second-order valence-electron chi connectivity index (χ2n) is 8.12. The van der Waals surface area contributed by atoms with E-state index in [0.29, 0.717) is 0 Å². The molecule has 1 atom stereocenters. The average molecular weight is 499 g/mol. The Morgan fingerprint density at radius 2 is 1.82 bits per heavy atom. The molecule has 0 amide bonds. The molecule has 0 bridgehead atoms. The minimum absolute atomic E-state index is 0. The number of nitrogens with one attached hydrogen (secondary N) is 1. The fraction of sp³-hybridized carbons (Fsp3) is 0.682. The van der Waals surface area contributed by atoms with Crippen molar-refractivity contribution in [2.75, 3.05) is 66.5 Å². The summed E-state index contributed by atoms with van der Waals surface area (Å²) in [4.78, 5) is 12.0. The summed E-state index contributed by atoms with van der Waals surface area (Å²) in [7, 11) is 4.13. The maximum atomic E-state index is 4.52. The van der Waals surface area contributed by atoms with Crippen molar-refractivity contribution < 1.29 is 0 Å². The van der Waals surface area contributed by atoms with Crippen LogP contribution in [0.5, 0.6) is 0 Å². The zero-order valence-electron chi connectivity index (χ0n) is 17.6. The van der Waals surface area contributed by atoms with E-state index >= 15 is 0 Å². The molecule has 2 aliphatic rings. The molecule has 5 nitrogen and oxygen atoms in total. The standard InChI is InChI=1S/C22H37N5.HI/c1-23-22(24-11-6-7-12-26-16-14-25(2)15-17-26)27-13-10-21(19-27)18-20-8-4-3-5-9-20;/h3-5,8-9,21H,6-7,10-19H2,1-2H3,(H,23,24);1H. The molecule has 0 saturated carbocycles. The van der Waals surface area contributed by atoms with Gasteiger partial charge < -0.3 is 20.0 Å². The maximum absolute atomic E-state index is 4.52. The number of unbranched alkanes of at least 4 members (excludes halogenated alkanes) is 1. The first-order valence-corrected chi connectivity index (χ1v) is 10.6. The van der Waals surface area contributed by atoms with Gasteiger partial charge in [0.25, 0.3) is 0 Å². The number of halogens is 1. The van der Waals surface area contributed by atoms with Gasteiger partial charge in [0, 0.05) is 52.9 Å². The van der Waals surface area contributed by atoms with Crippen LogP contribution in [0.1, 0.15) is 24.8 Å². The third-order valence-corrected chi connectivity index (χ3v) is 5.94. The number of nitrogens with zero attached hydrogens (tertiary/aromatic N) is 4. The summed E-state index contributed by atoms with van der Waals surface area (Å²) in [6.45, 7) is 9.38. The van der Waals surface area contributed by atoms with Crippen LogP contribution in [0.15, 0.2) is 35.3 Å². The second-order valence-corrected chi connectivity index (χ2v) is 8.12. The van der Waals surface area contributed by atoms with E-state index in [1.54, 1.807) is 0 Å². The lowest BCUT2D eigenvalue weighted by Crippen LogP contribution is -2.44. The third-order valence-electron chi connectivity index (χ3n) is 5.94. The predicted molar refractivity (Wildman–Crippen MR) is 130 cm³/mol. The fourth-order valence-corrected chi connectivity index (χ4v) is 4.20. The van der Waals surface area contributed by atoms with Crippen LogP contribution in [0, 0.1) is 5.92 Å². The number of likely N-dealkylation sites (tertiary alicyclic amines) is 1. The van der Waals surface area contributed by atoms with Gasteiger partial charge in [-0.1, -0.05) is 30.3 Å². The normalized spacial score (nSPS) is 21.6. The summed E-state index contributed by atoms with van der Waals surface area (Å²) in [6.07, 6.45) is 4.93. The van der Waals surface area contributed by atoms with Crippen molar-refractivity contribution in [3.63, 3.8) is 0 Å². The van der Waals surface area contributed by atoms with Crippen molar-refractivity contribution in [3.8, 4) is 0 Å². The van der Waals surface area contributed by atoms with E-state index in [1.165, 1.54) is 64.0 Å². The second kappa shape index (κ2) is 12.6. The first-order valence-electron chi connectivity index (χ1n) is 10.6. The topological polar surface area (TPSA) is 34.1 Å². The van der Waals surface area contributed by atoms with Gasteiger partial charge in [-0.2, -0.15) is 0 Å². The molecule has 1 aromatic rings. The van der Waals surface area contributed by atoms with Gasteiger partial charge in [-0.15, -0.1) is 24.0 Å². The Labute approximate surface area is 188 Å². The Balaban J connectivity index is 0.00000280. The van der Waals surface area contributed by atoms with Crippen LogP contribution in [0.2, 0.25) is 0 Å². The first-order chi connectivity index (χ1) is 13.2. The van der Waals surface area contributed by atoms with Crippen LogP contribution >= 0.6 is 24.0 Å². The number of hydrogen-bond acceptors (Lipinski definition) is 3. The minimum Gasteiger partial charge on any atom is -0.356 e. The number of rotatable bonds is 7. The quantitative estimate of drug-likeness (QED) is 0.271. The molecule has 158 valence electrons. The van der Waals surface area contributed by atoms with Crippen molar-refractivity contribution in [1.29, 1.82) is 0 Å². The largest absolute Gasteiger partial charge is 0.356 e. The van der Waals surface area contributed by atoms with Crippen LogP contribution in [-0.2, 0) is 6.42 Å². The number of likely N-dealkylation sites (N-methyl/N-ethyl adjacent to an activating group) is 1. The summed E-state index contributed by atoms with van der Waals surface area (Å²) in [5, 5.41) is 3.59. The molecule has 2 fully saturated rings. The maximum Gasteiger partial charge on any atom is 0.193 e. The summed E-state index contributed by atoms with van der Waals surface area (Å²) < 4.78 is 0. The number of guanidine groups is 1. The molecular formula is C22H38IN5. The predicted octanol–water partition coefficient (Wildman–Crippen LogP) is 2.77. The SMILES string of the molecule is CN=C(NCCCCN1CCN(C)CC1)N1CCC(Cc2ccccc2)C1.I. The molecule has 2 heterocycles. The van der Waals surface area contributed by atoms with E-state index in [9.17, 15) is 0 Å². The van der Waals surface area contributed by atoms with E-state index in [0.717, 1.165) is 31.5 Å². The van der Waals surface area contributed by atoms with E-state index in [4.69, 9.17) is 0 Å². The lowest BCUT2D eigenvalue weighted by atomic mass is 9.99. The lowest BCUT2D eigenvalue weighted by molar-refractivity contribution is 0.152.